The summed E-state index contributed by atoms with van der Waals surface area (Å²) in [5.41, 5.74) is 5.81. The number of aromatic amines is 1. The molecule has 4 atom stereocenters. The average Bonchev–Trinajstić information content (AvgIpc) is 3.50. The molecule has 1 fully saturated rings. The fraction of sp³-hybridized carbons (Fsp3) is 0.680. The molecule has 3 aliphatic rings. The van der Waals surface area contributed by atoms with Crippen LogP contribution >= 0.6 is 0 Å². The SMILES string of the molecule is CC1=CCC2(CC3N=C(C(Cc4cnc[nH]4)N(C)C(=O)CNC(=O)CN(C)C)ON3)CCCC1C2. The summed E-state index contributed by atoms with van der Waals surface area (Å²) in [5.74, 6) is 0.784. The Morgan fingerprint density at radius 1 is 1.34 bits per heavy atom. The number of hydrogen-bond donors (Lipinski definition) is 3. The molecule has 2 heterocycles. The standard InChI is InChI=1S/C25H39N7O3/c1-17-7-9-25(8-5-6-18(17)11-25)12-21-29-24(35-30-21)20(10-19-13-26-16-28-19)32(4)23(34)14-27-22(33)15-31(2)3/h7,13,16,18,20-21,30H,5-6,8-12,14-15H2,1-4H3,(H,26,28)(H,27,33). The predicted octanol–water partition coefficient (Wildman–Crippen LogP) is 1.63. The first-order chi connectivity index (χ1) is 16.7. The number of carbonyl (C=O) groups is 2. The summed E-state index contributed by atoms with van der Waals surface area (Å²) < 4.78 is 0. The molecule has 4 rings (SSSR count). The van der Waals surface area contributed by atoms with Gasteiger partial charge in [0, 0.05) is 25.4 Å². The molecule has 4 unspecified atom stereocenters. The Morgan fingerprint density at radius 3 is 2.91 bits per heavy atom. The first-order valence-corrected chi connectivity index (χ1v) is 12.6. The maximum Gasteiger partial charge on any atom is 0.242 e. The monoisotopic (exact) mass is 485 g/mol. The maximum absolute atomic E-state index is 13.0. The Labute approximate surface area is 207 Å². The van der Waals surface area contributed by atoms with Gasteiger partial charge in [0.05, 0.1) is 19.4 Å². The lowest BCUT2D eigenvalue weighted by Crippen LogP contribution is -2.49. The van der Waals surface area contributed by atoms with E-state index in [1.165, 1.54) is 31.3 Å². The van der Waals surface area contributed by atoms with Crippen molar-refractivity contribution < 1.29 is 14.4 Å². The number of hydrogen-bond acceptors (Lipinski definition) is 7. The third kappa shape index (κ3) is 6.29. The lowest BCUT2D eigenvalue weighted by Gasteiger charge is -2.45. The highest BCUT2D eigenvalue weighted by molar-refractivity contribution is 5.90. The molecule has 2 bridgehead atoms. The van der Waals surface area contributed by atoms with E-state index in [0.29, 0.717) is 18.2 Å². The molecule has 10 nitrogen and oxygen atoms in total. The quantitative estimate of drug-likeness (QED) is 0.434. The minimum absolute atomic E-state index is 0.0804. The summed E-state index contributed by atoms with van der Waals surface area (Å²) in [4.78, 5) is 46.3. The van der Waals surface area contributed by atoms with Gasteiger partial charge in [-0.1, -0.05) is 18.1 Å². The number of rotatable bonds is 10. The molecule has 192 valence electrons. The van der Waals surface area contributed by atoms with Crippen molar-refractivity contribution >= 4 is 17.7 Å². The van der Waals surface area contributed by atoms with E-state index in [0.717, 1.165) is 18.5 Å². The zero-order chi connectivity index (χ0) is 25.0. The molecule has 3 N–H and O–H groups in total. The van der Waals surface area contributed by atoms with Gasteiger partial charge in [0.25, 0.3) is 0 Å². The normalized spacial score (nSPS) is 26.5. The molecule has 0 aromatic carbocycles. The highest BCUT2D eigenvalue weighted by Gasteiger charge is 2.42. The number of nitrogens with one attached hydrogen (secondary N) is 3. The summed E-state index contributed by atoms with van der Waals surface area (Å²) in [6, 6.07) is -0.420. The van der Waals surface area contributed by atoms with Crippen LogP contribution < -0.4 is 10.8 Å². The van der Waals surface area contributed by atoms with Crippen molar-refractivity contribution in [2.45, 2.75) is 64.1 Å². The molecule has 35 heavy (non-hydrogen) atoms. The van der Waals surface area contributed by atoms with Gasteiger partial charge < -0.3 is 24.9 Å². The van der Waals surface area contributed by atoms with Crippen LogP contribution in [0.15, 0.2) is 29.2 Å². The number of fused-ring (bicyclic) bond motifs is 2. The fourth-order valence-corrected chi connectivity index (χ4v) is 5.63. The molecule has 0 saturated heterocycles. The van der Waals surface area contributed by atoms with E-state index >= 15 is 0 Å². The van der Waals surface area contributed by atoms with Gasteiger partial charge in [-0.25, -0.2) is 9.98 Å². The summed E-state index contributed by atoms with van der Waals surface area (Å²) in [7, 11) is 5.34. The van der Waals surface area contributed by atoms with E-state index in [-0.39, 0.29) is 36.5 Å². The van der Waals surface area contributed by atoms with Gasteiger partial charge in [0.2, 0.25) is 17.7 Å². The molecule has 2 aliphatic carbocycles. The van der Waals surface area contributed by atoms with Crippen LogP contribution in [0.3, 0.4) is 0 Å². The molecule has 0 radical (unpaired) electrons. The molecule has 1 aromatic heterocycles. The van der Waals surface area contributed by atoms with E-state index in [1.54, 1.807) is 29.4 Å². The smallest absolute Gasteiger partial charge is 0.242 e. The second kappa shape index (κ2) is 10.9. The molecule has 10 heteroatoms. The fourth-order valence-electron chi connectivity index (χ4n) is 5.63. The molecular formula is C25H39N7O3. The average molecular weight is 486 g/mol. The van der Waals surface area contributed by atoms with Gasteiger partial charge >= 0.3 is 0 Å². The Morgan fingerprint density at radius 2 is 2.17 bits per heavy atom. The van der Waals surface area contributed by atoms with Gasteiger partial charge in [-0.15, -0.1) is 5.48 Å². The van der Waals surface area contributed by atoms with Gasteiger partial charge in [-0.3, -0.25) is 9.59 Å². The minimum atomic E-state index is -0.420. The van der Waals surface area contributed by atoms with Crippen LogP contribution in [0.1, 0.15) is 51.1 Å². The van der Waals surface area contributed by atoms with E-state index in [2.05, 4.69) is 33.8 Å². The summed E-state index contributed by atoms with van der Waals surface area (Å²) >= 11 is 0. The lowest BCUT2D eigenvalue weighted by molar-refractivity contribution is -0.133. The van der Waals surface area contributed by atoms with Crippen LogP contribution in [0.25, 0.3) is 0 Å². The second-order valence-electron chi connectivity index (χ2n) is 10.7. The van der Waals surface area contributed by atoms with Crippen LogP contribution in [0.4, 0.5) is 0 Å². The van der Waals surface area contributed by atoms with Crippen molar-refractivity contribution in [3.05, 3.63) is 29.9 Å². The van der Waals surface area contributed by atoms with Crippen LogP contribution in [0.5, 0.6) is 0 Å². The summed E-state index contributed by atoms with van der Waals surface area (Å²) in [6.45, 7) is 2.42. The number of imidazole rings is 1. The highest BCUT2D eigenvalue weighted by atomic mass is 16.7. The lowest BCUT2D eigenvalue weighted by atomic mass is 9.61. The van der Waals surface area contributed by atoms with Crippen molar-refractivity contribution in [1.29, 1.82) is 0 Å². The number of amides is 2. The van der Waals surface area contributed by atoms with Crippen LogP contribution in [0, 0.1) is 11.3 Å². The van der Waals surface area contributed by atoms with E-state index in [1.807, 2.05) is 14.1 Å². The molecule has 2 amide bonds. The predicted molar refractivity (Wildman–Crippen MR) is 133 cm³/mol. The highest BCUT2D eigenvalue weighted by Crippen LogP contribution is 2.51. The Hall–Kier alpha value is -2.72. The minimum Gasteiger partial charge on any atom is -0.389 e. The summed E-state index contributed by atoms with van der Waals surface area (Å²) in [5, 5.41) is 2.69. The molecular weight excluding hydrogens is 446 g/mol. The number of allylic oxidation sites excluding steroid dienone is 2. The Bertz CT molecular complexity index is 958. The van der Waals surface area contributed by atoms with Gasteiger partial charge in [-0.2, -0.15) is 0 Å². The number of nitrogens with zero attached hydrogens (tertiary/aromatic N) is 4. The van der Waals surface area contributed by atoms with Crippen LogP contribution in [-0.4, -0.2) is 83.9 Å². The number of aliphatic imine (C=N–C) groups is 1. The van der Waals surface area contributed by atoms with E-state index in [9.17, 15) is 9.59 Å². The van der Waals surface area contributed by atoms with Gasteiger partial charge in [0.15, 0.2) is 0 Å². The molecule has 1 aromatic rings. The van der Waals surface area contributed by atoms with Crippen molar-refractivity contribution in [2.24, 2.45) is 16.3 Å². The molecule has 1 aliphatic heterocycles. The first kappa shape index (κ1) is 25.4. The number of likely N-dealkylation sites (N-methyl/N-ethyl adjacent to an activating group) is 2. The van der Waals surface area contributed by atoms with Crippen LogP contribution in [-0.2, 0) is 20.8 Å². The zero-order valence-corrected chi connectivity index (χ0v) is 21.3. The zero-order valence-electron chi connectivity index (χ0n) is 21.3. The maximum atomic E-state index is 13.0. The number of hydroxylamine groups is 1. The number of carbonyl (C=O) groups excluding carboxylic acids is 2. The molecule has 1 saturated carbocycles. The van der Waals surface area contributed by atoms with Crippen molar-refractivity contribution in [2.75, 3.05) is 34.2 Å². The Kier molecular flexibility index (Phi) is 7.91. The van der Waals surface area contributed by atoms with Crippen molar-refractivity contribution in [3.8, 4) is 0 Å². The van der Waals surface area contributed by atoms with Crippen LogP contribution in [0.2, 0.25) is 0 Å². The third-order valence-corrected chi connectivity index (χ3v) is 7.66. The summed E-state index contributed by atoms with van der Waals surface area (Å²) in [6.07, 6.45) is 13.1. The largest absolute Gasteiger partial charge is 0.389 e. The second-order valence-corrected chi connectivity index (χ2v) is 10.7. The first-order valence-electron chi connectivity index (χ1n) is 12.6. The Balaban J connectivity index is 1.44. The number of H-pyrrole nitrogens is 1. The topological polar surface area (TPSA) is 115 Å². The van der Waals surface area contributed by atoms with E-state index in [4.69, 9.17) is 9.83 Å². The molecule has 0 spiro atoms. The van der Waals surface area contributed by atoms with E-state index < -0.39 is 6.04 Å². The number of aromatic nitrogens is 2. The van der Waals surface area contributed by atoms with Crippen molar-refractivity contribution in [3.63, 3.8) is 0 Å². The third-order valence-electron chi connectivity index (χ3n) is 7.66. The van der Waals surface area contributed by atoms with Crippen molar-refractivity contribution in [1.82, 2.24) is 30.6 Å². The van der Waals surface area contributed by atoms with Gasteiger partial charge in [0.1, 0.15) is 12.2 Å². The van der Waals surface area contributed by atoms with Gasteiger partial charge in [-0.05, 0) is 64.5 Å².